The highest BCUT2D eigenvalue weighted by Crippen LogP contribution is 2.21. The van der Waals surface area contributed by atoms with Gasteiger partial charge in [-0.25, -0.2) is 4.68 Å². The molecule has 1 heterocycles. The van der Waals surface area contributed by atoms with E-state index in [0.717, 1.165) is 11.1 Å². The van der Waals surface area contributed by atoms with E-state index in [9.17, 15) is 0 Å². The minimum Gasteiger partial charge on any atom is -0.381 e. The average molecular weight is 210 g/mol. The van der Waals surface area contributed by atoms with Gasteiger partial charge < -0.3 is 5.73 Å². The highest BCUT2D eigenvalue weighted by atomic mass is 15.4. The quantitative estimate of drug-likeness (QED) is 0.668. The van der Waals surface area contributed by atoms with Crippen LogP contribution in [-0.2, 0) is 0 Å². The standard InChI is InChI=1S/C12H10N4/c13-12-8-16(15-14-12)11-7-3-5-9-4-1-2-6-10(9)11/h1-8H,13H2. The molecule has 2 aromatic carbocycles. The van der Waals surface area contributed by atoms with Crippen molar-refractivity contribution in [3.63, 3.8) is 0 Å². The predicted octanol–water partition coefficient (Wildman–Crippen LogP) is 2.00. The summed E-state index contributed by atoms with van der Waals surface area (Å²) in [5.41, 5.74) is 6.55. The molecule has 0 fully saturated rings. The number of aromatic nitrogens is 3. The Balaban J connectivity index is 2.31. The fraction of sp³-hybridized carbons (Fsp3) is 0. The molecule has 0 unspecified atom stereocenters. The van der Waals surface area contributed by atoms with Crippen LogP contribution in [0.1, 0.15) is 0 Å². The molecule has 0 atom stereocenters. The van der Waals surface area contributed by atoms with E-state index in [-0.39, 0.29) is 0 Å². The lowest BCUT2D eigenvalue weighted by molar-refractivity contribution is 0.809. The van der Waals surface area contributed by atoms with Crippen LogP contribution in [-0.4, -0.2) is 15.0 Å². The van der Waals surface area contributed by atoms with Crippen molar-refractivity contribution in [2.24, 2.45) is 0 Å². The summed E-state index contributed by atoms with van der Waals surface area (Å²) in [5.74, 6) is 0.424. The number of nitrogens with two attached hydrogens (primary N) is 1. The zero-order valence-electron chi connectivity index (χ0n) is 8.54. The Morgan fingerprint density at radius 1 is 1.00 bits per heavy atom. The lowest BCUT2D eigenvalue weighted by atomic mass is 10.1. The van der Waals surface area contributed by atoms with Crippen LogP contribution < -0.4 is 5.73 Å². The third kappa shape index (κ3) is 1.32. The van der Waals surface area contributed by atoms with Crippen LogP contribution in [0.25, 0.3) is 16.5 Å². The van der Waals surface area contributed by atoms with Gasteiger partial charge in [-0.3, -0.25) is 0 Å². The molecule has 16 heavy (non-hydrogen) atoms. The number of rotatable bonds is 1. The smallest absolute Gasteiger partial charge is 0.166 e. The normalized spacial score (nSPS) is 10.8. The molecular weight excluding hydrogens is 200 g/mol. The van der Waals surface area contributed by atoms with Crippen LogP contribution in [0.2, 0.25) is 0 Å². The van der Waals surface area contributed by atoms with Crippen molar-refractivity contribution >= 4 is 16.6 Å². The number of hydrogen-bond donors (Lipinski definition) is 1. The van der Waals surface area contributed by atoms with Crippen LogP contribution in [0.15, 0.2) is 48.7 Å². The van der Waals surface area contributed by atoms with Gasteiger partial charge in [-0.05, 0) is 11.5 Å². The van der Waals surface area contributed by atoms with Gasteiger partial charge in [0.2, 0.25) is 0 Å². The lowest BCUT2D eigenvalue weighted by Crippen LogP contribution is -1.95. The van der Waals surface area contributed by atoms with Crippen molar-refractivity contribution in [1.29, 1.82) is 0 Å². The molecule has 3 aromatic rings. The summed E-state index contributed by atoms with van der Waals surface area (Å²) in [6.07, 6.45) is 1.71. The van der Waals surface area contributed by atoms with Crippen molar-refractivity contribution in [1.82, 2.24) is 15.0 Å². The van der Waals surface area contributed by atoms with E-state index in [1.165, 1.54) is 5.39 Å². The van der Waals surface area contributed by atoms with Crippen LogP contribution >= 0.6 is 0 Å². The second kappa shape index (κ2) is 3.34. The summed E-state index contributed by atoms with van der Waals surface area (Å²) in [5, 5.41) is 10.1. The summed E-state index contributed by atoms with van der Waals surface area (Å²) in [4.78, 5) is 0. The molecule has 0 aliphatic heterocycles. The van der Waals surface area contributed by atoms with E-state index in [0.29, 0.717) is 5.82 Å². The molecule has 0 radical (unpaired) electrons. The van der Waals surface area contributed by atoms with E-state index in [2.05, 4.69) is 28.5 Å². The van der Waals surface area contributed by atoms with Crippen LogP contribution in [0, 0.1) is 0 Å². The van der Waals surface area contributed by atoms with Gasteiger partial charge in [-0.2, -0.15) is 0 Å². The Morgan fingerprint density at radius 2 is 1.81 bits per heavy atom. The highest BCUT2D eigenvalue weighted by molar-refractivity contribution is 5.89. The summed E-state index contributed by atoms with van der Waals surface area (Å²) in [6, 6.07) is 14.2. The number of anilines is 1. The van der Waals surface area contributed by atoms with E-state index in [1.54, 1.807) is 10.9 Å². The number of fused-ring (bicyclic) bond motifs is 1. The van der Waals surface area contributed by atoms with E-state index in [1.807, 2.05) is 24.3 Å². The van der Waals surface area contributed by atoms with Crippen molar-refractivity contribution in [2.45, 2.75) is 0 Å². The number of benzene rings is 2. The maximum atomic E-state index is 5.57. The second-order valence-electron chi connectivity index (χ2n) is 3.59. The summed E-state index contributed by atoms with van der Waals surface area (Å²) >= 11 is 0. The lowest BCUT2D eigenvalue weighted by Gasteiger charge is -2.04. The summed E-state index contributed by atoms with van der Waals surface area (Å²) < 4.78 is 1.69. The molecule has 0 aliphatic carbocycles. The largest absolute Gasteiger partial charge is 0.381 e. The maximum absolute atomic E-state index is 5.57. The Kier molecular flexibility index (Phi) is 1.86. The highest BCUT2D eigenvalue weighted by Gasteiger charge is 2.03. The first-order chi connectivity index (χ1) is 7.84. The first-order valence-electron chi connectivity index (χ1n) is 5.00. The molecule has 0 bridgehead atoms. The average Bonchev–Trinajstić information content (AvgIpc) is 2.75. The first kappa shape index (κ1) is 8.91. The molecule has 1 aromatic heterocycles. The molecule has 0 aliphatic rings. The number of nitrogen functional groups attached to an aromatic ring is 1. The fourth-order valence-corrected chi connectivity index (χ4v) is 1.80. The summed E-state index contributed by atoms with van der Waals surface area (Å²) in [7, 11) is 0. The van der Waals surface area contributed by atoms with Gasteiger partial charge in [0.15, 0.2) is 5.82 Å². The van der Waals surface area contributed by atoms with Crippen LogP contribution in [0.4, 0.5) is 5.82 Å². The van der Waals surface area contributed by atoms with Crippen LogP contribution in [0.3, 0.4) is 0 Å². The molecular formula is C12H10N4. The molecule has 78 valence electrons. The minimum atomic E-state index is 0.424. The Bertz CT molecular complexity index is 637. The molecule has 0 amide bonds. The molecule has 4 heteroatoms. The van der Waals surface area contributed by atoms with Crippen molar-refractivity contribution in [2.75, 3.05) is 5.73 Å². The van der Waals surface area contributed by atoms with Crippen molar-refractivity contribution < 1.29 is 0 Å². The van der Waals surface area contributed by atoms with Gasteiger partial charge >= 0.3 is 0 Å². The SMILES string of the molecule is Nc1cn(-c2cccc3ccccc23)nn1. The van der Waals surface area contributed by atoms with Gasteiger partial charge in [0.05, 0.1) is 11.9 Å². The minimum absolute atomic E-state index is 0.424. The third-order valence-corrected chi connectivity index (χ3v) is 2.52. The van der Waals surface area contributed by atoms with Crippen molar-refractivity contribution in [3.8, 4) is 5.69 Å². The van der Waals surface area contributed by atoms with Gasteiger partial charge in [-0.15, -0.1) is 5.10 Å². The van der Waals surface area contributed by atoms with Crippen LogP contribution in [0.5, 0.6) is 0 Å². The van der Waals surface area contributed by atoms with Gasteiger partial charge in [0, 0.05) is 5.39 Å². The Labute approximate surface area is 92.3 Å². The molecule has 0 saturated heterocycles. The topological polar surface area (TPSA) is 56.7 Å². The third-order valence-electron chi connectivity index (χ3n) is 2.52. The number of nitrogens with zero attached hydrogens (tertiary/aromatic N) is 3. The molecule has 0 spiro atoms. The van der Waals surface area contributed by atoms with E-state index >= 15 is 0 Å². The van der Waals surface area contributed by atoms with Gasteiger partial charge in [0.25, 0.3) is 0 Å². The van der Waals surface area contributed by atoms with E-state index < -0.39 is 0 Å². The molecule has 2 N–H and O–H groups in total. The Morgan fingerprint density at radius 3 is 2.62 bits per heavy atom. The molecule has 3 rings (SSSR count). The zero-order valence-corrected chi connectivity index (χ0v) is 8.54. The second-order valence-corrected chi connectivity index (χ2v) is 3.59. The fourth-order valence-electron chi connectivity index (χ4n) is 1.80. The van der Waals surface area contributed by atoms with Crippen molar-refractivity contribution in [3.05, 3.63) is 48.7 Å². The van der Waals surface area contributed by atoms with E-state index in [4.69, 9.17) is 5.73 Å². The first-order valence-corrected chi connectivity index (χ1v) is 5.00. The summed E-state index contributed by atoms with van der Waals surface area (Å²) in [6.45, 7) is 0. The predicted molar refractivity (Wildman–Crippen MR) is 63.3 cm³/mol. The Hall–Kier alpha value is -2.36. The monoisotopic (exact) mass is 210 g/mol. The zero-order chi connectivity index (χ0) is 11.0. The molecule has 0 saturated carbocycles. The van der Waals surface area contributed by atoms with Gasteiger partial charge in [0.1, 0.15) is 0 Å². The number of hydrogen-bond acceptors (Lipinski definition) is 3. The maximum Gasteiger partial charge on any atom is 0.166 e. The molecule has 4 nitrogen and oxygen atoms in total. The van der Waals surface area contributed by atoms with Gasteiger partial charge in [-0.1, -0.05) is 41.6 Å².